The predicted octanol–water partition coefficient (Wildman–Crippen LogP) is 2.99. The van der Waals surface area contributed by atoms with E-state index in [-0.39, 0.29) is 36.4 Å². The number of halogens is 2. The quantitative estimate of drug-likeness (QED) is 0.566. The van der Waals surface area contributed by atoms with Crippen LogP contribution in [0.2, 0.25) is 0 Å². The molecule has 4 rings (SSSR count). The molecule has 11 heteroatoms. The largest absolute Gasteiger partial charge is 0.507 e. The zero-order valence-corrected chi connectivity index (χ0v) is 19.2. The van der Waals surface area contributed by atoms with E-state index in [1.807, 2.05) is 0 Å². The summed E-state index contributed by atoms with van der Waals surface area (Å²) in [7, 11) is -2.62. The Labute approximate surface area is 203 Å². The molecular formula is C21H27Cl2N7O2. The highest BCUT2D eigenvalue weighted by Gasteiger charge is 2.23. The summed E-state index contributed by atoms with van der Waals surface area (Å²) in [5, 5.41) is 22.6. The van der Waals surface area contributed by atoms with Crippen LogP contribution in [-0.4, -0.2) is 63.0 Å². The number of methoxy groups -OCH3 is 1. The number of hydrogen-bond acceptors (Lipinski definition) is 9. The van der Waals surface area contributed by atoms with Gasteiger partial charge in [-0.1, -0.05) is 19.9 Å². The average molecular weight is 483 g/mol. The molecule has 2 aromatic heterocycles. The summed E-state index contributed by atoms with van der Waals surface area (Å²) in [6.45, 7) is 6.83. The van der Waals surface area contributed by atoms with Gasteiger partial charge in [0.15, 0.2) is 0 Å². The van der Waals surface area contributed by atoms with Gasteiger partial charge in [0.1, 0.15) is 17.8 Å². The molecule has 0 amide bonds. The minimum absolute atomic E-state index is 0. The summed E-state index contributed by atoms with van der Waals surface area (Å²) in [6.07, 6.45) is 2.80. The summed E-state index contributed by atoms with van der Waals surface area (Å²) in [5.41, 5.74) is 1.88. The van der Waals surface area contributed by atoms with Gasteiger partial charge in [0.2, 0.25) is 11.8 Å². The van der Waals surface area contributed by atoms with Gasteiger partial charge < -0.3 is 20.1 Å². The molecular weight excluding hydrogens is 453 g/mol. The molecule has 1 aliphatic rings. The summed E-state index contributed by atoms with van der Waals surface area (Å²) in [5.74, 6) is 0.948. The van der Waals surface area contributed by atoms with Crippen molar-refractivity contribution in [1.29, 1.82) is 0 Å². The van der Waals surface area contributed by atoms with Gasteiger partial charge in [-0.2, -0.15) is 0 Å². The first-order chi connectivity index (χ1) is 15.7. The van der Waals surface area contributed by atoms with E-state index in [2.05, 4.69) is 49.2 Å². The average Bonchev–Trinajstić information content (AvgIpc) is 2.78. The fourth-order valence-electron chi connectivity index (χ4n) is 3.40. The molecule has 0 unspecified atom stereocenters. The van der Waals surface area contributed by atoms with Crippen LogP contribution in [0.25, 0.3) is 22.5 Å². The van der Waals surface area contributed by atoms with E-state index in [0.29, 0.717) is 40.4 Å². The lowest BCUT2D eigenvalue weighted by Gasteiger charge is -2.35. The van der Waals surface area contributed by atoms with Crippen molar-refractivity contribution in [3.05, 3.63) is 36.8 Å². The summed E-state index contributed by atoms with van der Waals surface area (Å²) in [6, 6.07) is 6.69. The zero-order valence-electron chi connectivity index (χ0n) is 20.6. The van der Waals surface area contributed by atoms with Gasteiger partial charge in [0, 0.05) is 42.9 Å². The fourth-order valence-corrected chi connectivity index (χ4v) is 3.40. The number of nitrogens with zero attached hydrogens (tertiary/aromatic N) is 6. The first kappa shape index (κ1) is 21.1. The molecule has 0 bridgehead atoms. The van der Waals surface area contributed by atoms with Gasteiger partial charge in [-0.05, 0) is 18.1 Å². The van der Waals surface area contributed by atoms with Crippen LogP contribution in [0.1, 0.15) is 18.0 Å². The summed E-state index contributed by atoms with van der Waals surface area (Å²) in [4.78, 5) is 14.5. The Morgan fingerprint density at radius 1 is 1.16 bits per heavy atom. The molecule has 9 nitrogen and oxygen atoms in total. The maximum absolute atomic E-state index is 10.6. The molecule has 0 aliphatic carbocycles. The second-order valence-electron chi connectivity index (χ2n) is 7.47. The molecule has 0 spiro atoms. The van der Waals surface area contributed by atoms with Crippen LogP contribution in [-0.2, 0) is 0 Å². The van der Waals surface area contributed by atoms with Gasteiger partial charge >= 0.3 is 0 Å². The Hall–Kier alpha value is -2.75. The summed E-state index contributed by atoms with van der Waals surface area (Å²) < 4.78 is 26.4. The topological polar surface area (TPSA) is 109 Å². The third kappa shape index (κ3) is 5.53. The molecule has 32 heavy (non-hydrogen) atoms. The highest BCUT2D eigenvalue weighted by Crippen LogP contribution is 2.32. The van der Waals surface area contributed by atoms with Crippen molar-refractivity contribution in [2.45, 2.75) is 19.9 Å². The second-order valence-corrected chi connectivity index (χ2v) is 7.47. The standard InChI is InChI=1S/C21H25N7O2.2ClH/c1-13(2)18-11-28(7-6-22-18)21-23-10-17(26-27-21)15-5-4-14(8-19(15)29)16-9-20(30-3)25-12-24-16;;/h4-5,8-10,12-13,18,22,29H,6-7,11H2,1-3H3;2*1H/t18-;;/m1../s1/i3D3;;. The summed E-state index contributed by atoms with van der Waals surface area (Å²) >= 11 is 0. The van der Waals surface area contributed by atoms with Crippen molar-refractivity contribution in [3.8, 4) is 34.1 Å². The fraction of sp³-hybridized carbons (Fsp3) is 0.381. The SMILES string of the molecule is Cl.Cl.[2H]C([2H])([2H])Oc1cc(-c2ccc(-c3cnc(N4CCN[C@@H](C(C)C)C4)nn3)c(O)c2)ncn1. The maximum atomic E-state index is 10.6. The van der Waals surface area contributed by atoms with E-state index in [9.17, 15) is 5.11 Å². The Bertz CT molecular complexity index is 1120. The number of nitrogens with one attached hydrogen (secondary N) is 1. The number of ether oxygens (including phenoxy) is 1. The number of hydrogen-bond donors (Lipinski definition) is 2. The maximum Gasteiger partial charge on any atom is 0.245 e. The monoisotopic (exact) mass is 482 g/mol. The second kappa shape index (κ2) is 11.2. The minimum atomic E-state index is -2.62. The Balaban J connectivity index is 0.00000216. The van der Waals surface area contributed by atoms with Crippen LogP contribution >= 0.6 is 24.8 Å². The zero-order chi connectivity index (χ0) is 23.6. The molecule has 3 heterocycles. The Morgan fingerprint density at radius 2 is 2.00 bits per heavy atom. The lowest BCUT2D eigenvalue weighted by atomic mass is 10.0. The highest BCUT2D eigenvalue weighted by molar-refractivity contribution is 5.85. The van der Waals surface area contributed by atoms with Crippen molar-refractivity contribution in [2.75, 3.05) is 31.6 Å². The molecule has 1 saturated heterocycles. The molecule has 3 aromatic rings. The van der Waals surface area contributed by atoms with E-state index in [4.69, 9.17) is 8.85 Å². The number of aromatic hydroxyl groups is 1. The van der Waals surface area contributed by atoms with Crippen molar-refractivity contribution < 1.29 is 14.0 Å². The van der Waals surface area contributed by atoms with Gasteiger partial charge in [-0.3, -0.25) is 0 Å². The van der Waals surface area contributed by atoms with E-state index >= 15 is 0 Å². The third-order valence-electron chi connectivity index (χ3n) is 5.16. The van der Waals surface area contributed by atoms with Crippen molar-refractivity contribution in [1.82, 2.24) is 30.5 Å². The van der Waals surface area contributed by atoms with Crippen molar-refractivity contribution >= 4 is 30.8 Å². The minimum Gasteiger partial charge on any atom is -0.507 e. The lowest BCUT2D eigenvalue weighted by molar-refractivity contribution is 0.365. The van der Waals surface area contributed by atoms with Crippen LogP contribution < -0.4 is 15.0 Å². The molecule has 1 aromatic carbocycles. The van der Waals surface area contributed by atoms with Gasteiger partial charge in [-0.15, -0.1) is 35.0 Å². The van der Waals surface area contributed by atoms with Crippen LogP contribution in [0.15, 0.2) is 36.8 Å². The lowest BCUT2D eigenvalue weighted by Crippen LogP contribution is -2.53. The molecule has 0 radical (unpaired) electrons. The third-order valence-corrected chi connectivity index (χ3v) is 5.16. The van der Waals surface area contributed by atoms with Gasteiger partial charge in [0.25, 0.3) is 0 Å². The number of aromatic nitrogens is 5. The highest BCUT2D eigenvalue weighted by atomic mass is 35.5. The number of piperazine rings is 1. The molecule has 1 atom stereocenters. The normalized spacial score (nSPS) is 17.4. The first-order valence-corrected chi connectivity index (χ1v) is 9.72. The van der Waals surface area contributed by atoms with Crippen molar-refractivity contribution in [3.63, 3.8) is 0 Å². The molecule has 1 fully saturated rings. The van der Waals surface area contributed by atoms with Crippen LogP contribution in [0, 0.1) is 5.92 Å². The molecule has 1 aliphatic heterocycles. The van der Waals surface area contributed by atoms with Crippen molar-refractivity contribution in [2.24, 2.45) is 5.92 Å². The number of anilines is 1. The van der Waals surface area contributed by atoms with E-state index in [1.165, 1.54) is 18.5 Å². The predicted molar refractivity (Wildman–Crippen MR) is 128 cm³/mol. The van der Waals surface area contributed by atoms with E-state index in [0.717, 1.165) is 19.6 Å². The van der Waals surface area contributed by atoms with Crippen LogP contribution in [0.5, 0.6) is 11.6 Å². The van der Waals surface area contributed by atoms with Gasteiger partial charge in [0.05, 0.1) is 23.0 Å². The first-order valence-electron chi connectivity index (χ1n) is 11.2. The number of phenolic OH excluding ortho intramolecular Hbond substituents is 1. The Kier molecular flexibility index (Phi) is 7.40. The number of rotatable bonds is 5. The van der Waals surface area contributed by atoms with Crippen LogP contribution in [0.4, 0.5) is 5.95 Å². The van der Waals surface area contributed by atoms with Crippen LogP contribution in [0.3, 0.4) is 0 Å². The Morgan fingerprint density at radius 3 is 2.69 bits per heavy atom. The molecule has 0 saturated carbocycles. The molecule has 2 N–H and O–H groups in total. The number of phenols is 1. The van der Waals surface area contributed by atoms with E-state index in [1.54, 1.807) is 18.3 Å². The number of benzene rings is 1. The van der Waals surface area contributed by atoms with Gasteiger partial charge in [-0.25, -0.2) is 15.0 Å². The smallest absolute Gasteiger partial charge is 0.245 e. The van der Waals surface area contributed by atoms with E-state index < -0.39 is 7.04 Å². The molecule has 172 valence electrons.